The highest BCUT2D eigenvalue weighted by molar-refractivity contribution is 6.33. The molecular weight excluding hydrogens is 446 g/mol. The second-order valence-electron chi connectivity index (χ2n) is 7.94. The van der Waals surface area contributed by atoms with Crippen molar-refractivity contribution >= 4 is 17.5 Å². The van der Waals surface area contributed by atoms with E-state index in [-0.39, 0.29) is 5.91 Å². The zero-order valence-corrected chi connectivity index (χ0v) is 20.6. The minimum absolute atomic E-state index is 0.123. The topological polar surface area (TPSA) is 38.8 Å². The lowest BCUT2D eigenvalue weighted by molar-refractivity contribution is 0.0758. The van der Waals surface area contributed by atoms with Crippen molar-refractivity contribution in [1.29, 1.82) is 0 Å². The fourth-order valence-electron chi connectivity index (χ4n) is 3.50. The Morgan fingerprint density at radius 3 is 2.41 bits per heavy atom. The molecule has 0 unspecified atom stereocenters. The SMILES string of the molecule is C/C=C\C=C(/C)CN(Cc1ccc(OCc2ccccc2)c(OC)c1)C(=O)c1ccccc1Cl. The third-order valence-electron chi connectivity index (χ3n) is 5.24. The molecule has 0 aliphatic heterocycles. The van der Waals surface area contributed by atoms with Crippen molar-refractivity contribution in [2.75, 3.05) is 13.7 Å². The molecule has 0 heterocycles. The Bertz CT molecular complexity index is 1160. The number of carbonyl (C=O) groups excluding carboxylic acids is 1. The third kappa shape index (κ3) is 7.00. The number of hydrogen-bond acceptors (Lipinski definition) is 3. The normalized spacial score (nSPS) is 11.5. The maximum atomic E-state index is 13.4. The molecule has 0 N–H and O–H groups in total. The summed E-state index contributed by atoms with van der Waals surface area (Å²) in [6, 6.07) is 22.9. The smallest absolute Gasteiger partial charge is 0.255 e. The van der Waals surface area contributed by atoms with Crippen LogP contribution in [0.1, 0.15) is 35.3 Å². The van der Waals surface area contributed by atoms with Crippen molar-refractivity contribution in [3.63, 3.8) is 0 Å². The lowest BCUT2D eigenvalue weighted by Crippen LogP contribution is -2.32. The van der Waals surface area contributed by atoms with Crippen LogP contribution in [0.5, 0.6) is 11.5 Å². The van der Waals surface area contributed by atoms with Crippen LogP contribution in [-0.2, 0) is 13.2 Å². The number of hydrogen-bond donors (Lipinski definition) is 0. The highest BCUT2D eigenvalue weighted by Gasteiger charge is 2.19. The average molecular weight is 476 g/mol. The van der Waals surface area contributed by atoms with Crippen LogP contribution in [0.4, 0.5) is 0 Å². The highest BCUT2D eigenvalue weighted by Crippen LogP contribution is 2.30. The van der Waals surface area contributed by atoms with E-state index in [4.69, 9.17) is 21.1 Å². The predicted octanol–water partition coefficient (Wildman–Crippen LogP) is 7.09. The number of methoxy groups -OCH3 is 1. The Hall–Kier alpha value is -3.50. The number of ether oxygens (including phenoxy) is 2. The van der Waals surface area contributed by atoms with Crippen LogP contribution in [0.25, 0.3) is 0 Å². The van der Waals surface area contributed by atoms with Crippen LogP contribution in [-0.4, -0.2) is 24.5 Å². The maximum absolute atomic E-state index is 13.4. The van der Waals surface area contributed by atoms with Crippen LogP contribution in [0.2, 0.25) is 5.02 Å². The van der Waals surface area contributed by atoms with Gasteiger partial charge in [-0.15, -0.1) is 0 Å². The van der Waals surface area contributed by atoms with Crippen molar-refractivity contribution in [3.05, 3.63) is 118 Å². The minimum Gasteiger partial charge on any atom is -0.493 e. The zero-order chi connectivity index (χ0) is 24.3. The molecule has 5 heteroatoms. The van der Waals surface area contributed by atoms with Crippen molar-refractivity contribution in [3.8, 4) is 11.5 Å². The van der Waals surface area contributed by atoms with Gasteiger partial charge < -0.3 is 14.4 Å². The summed E-state index contributed by atoms with van der Waals surface area (Å²) in [7, 11) is 1.62. The monoisotopic (exact) mass is 475 g/mol. The first-order valence-corrected chi connectivity index (χ1v) is 11.6. The van der Waals surface area contributed by atoms with Gasteiger partial charge in [0, 0.05) is 13.1 Å². The van der Waals surface area contributed by atoms with Gasteiger partial charge in [0.15, 0.2) is 11.5 Å². The van der Waals surface area contributed by atoms with Gasteiger partial charge >= 0.3 is 0 Å². The van der Waals surface area contributed by atoms with Crippen molar-refractivity contribution in [1.82, 2.24) is 4.90 Å². The summed E-state index contributed by atoms with van der Waals surface area (Å²) in [5.74, 6) is 1.16. The molecule has 3 aromatic carbocycles. The molecule has 0 atom stereocenters. The Morgan fingerprint density at radius 2 is 1.71 bits per heavy atom. The van der Waals surface area contributed by atoms with E-state index in [2.05, 4.69) is 0 Å². The number of rotatable bonds is 10. The summed E-state index contributed by atoms with van der Waals surface area (Å²) in [5.41, 5.74) is 3.56. The van der Waals surface area contributed by atoms with Crippen LogP contribution in [0, 0.1) is 0 Å². The molecule has 0 aliphatic rings. The number of allylic oxidation sites excluding steroid dienone is 3. The summed E-state index contributed by atoms with van der Waals surface area (Å²) in [4.78, 5) is 15.2. The van der Waals surface area contributed by atoms with Gasteiger partial charge in [-0.1, -0.05) is 83.9 Å². The minimum atomic E-state index is -0.123. The van der Waals surface area contributed by atoms with Crippen molar-refractivity contribution in [2.45, 2.75) is 27.0 Å². The van der Waals surface area contributed by atoms with Crippen LogP contribution in [0.15, 0.2) is 96.6 Å². The molecule has 0 aliphatic carbocycles. The molecule has 176 valence electrons. The fourth-order valence-corrected chi connectivity index (χ4v) is 3.72. The van der Waals surface area contributed by atoms with Crippen LogP contribution in [0.3, 0.4) is 0 Å². The number of benzene rings is 3. The molecule has 3 rings (SSSR count). The molecule has 0 radical (unpaired) electrons. The van der Waals surface area contributed by atoms with Gasteiger partial charge in [-0.25, -0.2) is 0 Å². The van der Waals surface area contributed by atoms with Gasteiger partial charge in [0.2, 0.25) is 0 Å². The predicted molar refractivity (Wildman–Crippen MR) is 139 cm³/mol. The van der Waals surface area contributed by atoms with E-state index in [1.165, 1.54) is 0 Å². The van der Waals surface area contributed by atoms with E-state index in [0.29, 0.717) is 41.8 Å². The molecule has 0 spiro atoms. The van der Waals surface area contributed by atoms with E-state index < -0.39 is 0 Å². The Labute approximate surface area is 207 Å². The zero-order valence-electron chi connectivity index (χ0n) is 19.8. The van der Waals surface area contributed by atoms with E-state index in [9.17, 15) is 4.79 Å². The number of nitrogens with zero attached hydrogens (tertiary/aromatic N) is 1. The van der Waals surface area contributed by atoms with Crippen molar-refractivity contribution in [2.24, 2.45) is 0 Å². The van der Waals surface area contributed by atoms with Gasteiger partial charge in [-0.05, 0) is 49.2 Å². The fraction of sp³-hybridized carbons (Fsp3) is 0.207. The van der Waals surface area contributed by atoms with E-state index in [1.54, 1.807) is 24.1 Å². The summed E-state index contributed by atoms with van der Waals surface area (Å²) in [5, 5.41) is 0.440. The van der Waals surface area contributed by atoms with Gasteiger partial charge in [0.1, 0.15) is 6.61 Å². The summed E-state index contributed by atoms with van der Waals surface area (Å²) >= 11 is 6.33. The molecule has 34 heavy (non-hydrogen) atoms. The quantitative estimate of drug-likeness (QED) is 0.294. The molecular formula is C29H30ClNO3. The number of amides is 1. The Kier molecular flexibility index (Phi) is 9.36. The standard InChI is InChI=1S/C29H30ClNO3/c1-4-5-11-22(2)19-31(29(32)25-14-9-10-15-26(25)30)20-24-16-17-27(28(18-24)33-3)34-21-23-12-7-6-8-13-23/h4-18H,19-21H2,1-3H3/b5-4-,22-11+. The van der Waals surface area contributed by atoms with Gasteiger partial charge in [-0.3, -0.25) is 4.79 Å². The van der Waals surface area contributed by atoms with E-state index in [1.807, 2.05) is 92.7 Å². The molecule has 0 fully saturated rings. The highest BCUT2D eigenvalue weighted by atomic mass is 35.5. The molecule has 0 saturated heterocycles. The molecule has 4 nitrogen and oxygen atoms in total. The van der Waals surface area contributed by atoms with Crippen molar-refractivity contribution < 1.29 is 14.3 Å². The molecule has 0 aromatic heterocycles. The van der Waals surface area contributed by atoms with Crippen LogP contribution >= 0.6 is 11.6 Å². The lowest BCUT2D eigenvalue weighted by atomic mass is 10.1. The third-order valence-corrected chi connectivity index (χ3v) is 5.57. The lowest BCUT2D eigenvalue weighted by Gasteiger charge is -2.24. The Balaban J connectivity index is 1.82. The first-order valence-electron chi connectivity index (χ1n) is 11.2. The Morgan fingerprint density at radius 1 is 0.971 bits per heavy atom. The van der Waals surface area contributed by atoms with E-state index in [0.717, 1.165) is 16.7 Å². The molecule has 0 bridgehead atoms. The first kappa shape index (κ1) is 25.1. The summed E-state index contributed by atoms with van der Waals surface area (Å²) in [6.07, 6.45) is 5.94. The first-order chi connectivity index (χ1) is 16.5. The van der Waals surface area contributed by atoms with Crippen LogP contribution < -0.4 is 9.47 Å². The van der Waals surface area contributed by atoms with Gasteiger partial charge in [-0.2, -0.15) is 0 Å². The summed E-state index contributed by atoms with van der Waals surface area (Å²) in [6.45, 7) is 5.30. The maximum Gasteiger partial charge on any atom is 0.255 e. The number of carbonyl (C=O) groups is 1. The van der Waals surface area contributed by atoms with Gasteiger partial charge in [0.25, 0.3) is 5.91 Å². The second kappa shape index (κ2) is 12.7. The largest absolute Gasteiger partial charge is 0.493 e. The summed E-state index contributed by atoms with van der Waals surface area (Å²) < 4.78 is 11.6. The molecule has 1 amide bonds. The van der Waals surface area contributed by atoms with Gasteiger partial charge in [0.05, 0.1) is 17.7 Å². The molecule has 3 aromatic rings. The second-order valence-corrected chi connectivity index (χ2v) is 8.35. The number of halogens is 1. The van der Waals surface area contributed by atoms with E-state index >= 15 is 0 Å². The average Bonchev–Trinajstić information content (AvgIpc) is 2.86. The molecule has 0 saturated carbocycles.